The standard InChI is InChI=1S/C25H24N6O2/c26-14-18-3-1-17(2-4-18)5-8-24(32)30-11-9-20-15-31(16-21(20)10-12-30)25(33)19-6-7-22-23(13-19)28-29-27-22/h1-8,13,20-21H,9-12,15-16H2,(H,27,28,29)/b8-5+/t20-,21+. The van der Waals surface area contributed by atoms with E-state index in [1.54, 1.807) is 30.4 Å². The lowest BCUT2D eigenvalue weighted by molar-refractivity contribution is -0.126. The quantitative estimate of drug-likeness (QED) is 0.631. The average Bonchev–Trinajstić information content (AvgIpc) is 3.44. The number of hydrogen-bond donors (Lipinski definition) is 1. The molecule has 5 rings (SSSR count). The van der Waals surface area contributed by atoms with Gasteiger partial charge in [0, 0.05) is 37.8 Å². The average molecular weight is 441 g/mol. The minimum absolute atomic E-state index is 0.00757. The molecule has 0 aliphatic carbocycles. The van der Waals surface area contributed by atoms with Crippen molar-refractivity contribution in [3.63, 3.8) is 0 Å². The van der Waals surface area contributed by atoms with Crippen LogP contribution in [0, 0.1) is 23.2 Å². The molecule has 2 saturated heterocycles. The number of carbonyl (C=O) groups excluding carboxylic acids is 2. The van der Waals surface area contributed by atoms with Gasteiger partial charge in [0.15, 0.2) is 0 Å². The molecule has 0 bridgehead atoms. The van der Waals surface area contributed by atoms with Gasteiger partial charge in [-0.15, -0.1) is 5.10 Å². The van der Waals surface area contributed by atoms with E-state index < -0.39 is 0 Å². The van der Waals surface area contributed by atoms with E-state index in [1.165, 1.54) is 0 Å². The molecule has 2 atom stereocenters. The monoisotopic (exact) mass is 440 g/mol. The molecule has 33 heavy (non-hydrogen) atoms. The van der Waals surface area contributed by atoms with Crippen LogP contribution in [0.3, 0.4) is 0 Å². The molecule has 166 valence electrons. The molecule has 2 amide bonds. The Morgan fingerprint density at radius 3 is 2.45 bits per heavy atom. The number of H-pyrrole nitrogens is 1. The summed E-state index contributed by atoms with van der Waals surface area (Å²) in [7, 11) is 0. The van der Waals surface area contributed by atoms with E-state index in [4.69, 9.17) is 5.26 Å². The molecule has 0 radical (unpaired) electrons. The lowest BCUT2D eigenvalue weighted by atomic mass is 9.92. The fraction of sp³-hybridized carbons (Fsp3) is 0.320. The number of aromatic nitrogens is 3. The van der Waals surface area contributed by atoms with Gasteiger partial charge in [0.1, 0.15) is 5.52 Å². The summed E-state index contributed by atoms with van der Waals surface area (Å²) in [5.41, 5.74) is 3.64. The van der Waals surface area contributed by atoms with Crippen LogP contribution < -0.4 is 0 Å². The van der Waals surface area contributed by atoms with Gasteiger partial charge in [-0.25, -0.2) is 0 Å². The van der Waals surface area contributed by atoms with Crippen LogP contribution in [0.5, 0.6) is 0 Å². The minimum Gasteiger partial charge on any atom is -0.339 e. The highest BCUT2D eigenvalue weighted by atomic mass is 16.2. The zero-order valence-corrected chi connectivity index (χ0v) is 18.1. The summed E-state index contributed by atoms with van der Waals surface area (Å²) >= 11 is 0. The first-order valence-electron chi connectivity index (χ1n) is 11.2. The Kier molecular flexibility index (Phi) is 5.61. The molecule has 2 fully saturated rings. The summed E-state index contributed by atoms with van der Waals surface area (Å²) in [4.78, 5) is 29.6. The fourth-order valence-electron chi connectivity index (χ4n) is 4.83. The first kappa shape index (κ1) is 20.9. The van der Waals surface area contributed by atoms with Crippen LogP contribution in [-0.2, 0) is 4.79 Å². The Hall–Kier alpha value is -3.99. The van der Waals surface area contributed by atoms with Crippen LogP contribution in [0.15, 0.2) is 48.5 Å². The van der Waals surface area contributed by atoms with Crippen molar-refractivity contribution in [1.29, 1.82) is 5.26 Å². The van der Waals surface area contributed by atoms with E-state index >= 15 is 0 Å². The van der Waals surface area contributed by atoms with Crippen LogP contribution in [0.1, 0.15) is 34.3 Å². The van der Waals surface area contributed by atoms with Gasteiger partial charge >= 0.3 is 0 Å². The van der Waals surface area contributed by atoms with Crippen molar-refractivity contribution in [2.24, 2.45) is 11.8 Å². The molecule has 3 heterocycles. The topological polar surface area (TPSA) is 106 Å². The zero-order chi connectivity index (χ0) is 22.8. The minimum atomic E-state index is 0.00757. The van der Waals surface area contributed by atoms with Crippen molar-refractivity contribution in [1.82, 2.24) is 25.2 Å². The Bertz CT molecular complexity index is 1240. The van der Waals surface area contributed by atoms with Gasteiger partial charge in [-0.2, -0.15) is 5.26 Å². The van der Waals surface area contributed by atoms with E-state index in [9.17, 15) is 9.59 Å². The maximum absolute atomic E-state index is 13.1. The summed E-state index contributed by atoms with van der Waals surface area (Å²) < 4.78 is 0. The van der Waals surface area contributed by atoms with E-state index in [0.717, 1.165) is 37.0 Å². The van der Waals surface area contributed by atoms with Gasteiger partial charge in [-0.1, -0.05) is 17.3 Å². The van der Waals surface area contributed by atoms with E-state index in [2.05, 4.69) is 21.5 Å². The van der Waals surface area contributed by atoms with Crippen molar-refractivity contribution in [3.8, 4) is 6.07 Å². The third kappa shape index (κ3) is 4.35. The summed E-state index contributed by atoms with van der Waals surface area (Å²) in [6.07, 6.45) is 5.19. The summed E-state index contributed by atoms with van der Waals surface area (Å²) in [6.45, 7) is 2.85. The van der Waals surface area contributed by atoms with Crippen LogP contribution in [0.4, 0.5) is 0 Å². The van der Waals surface area contributed by atoms with E-state index in [1.807, 2.05) is 34.1 Å². The second kappa shape index (κ2) is 8.87. The fourth-order valence-corrected chi connectivity index (χ4v) is 4.83. The third-order valence-electron chi connectivity index (χ3n) is 6.75. The Morgan fingerprint density at radius 1 is 1.03 bits per heavy atom. The van der Waals surface area contributed by atoms with Gasteiger partial charge < -0.3 is 9.80 Å². The molecule has 8 nitrogen and oxygen atoms in total. The largest absolute Gasteiger partial charge is 0.339 e. The molecular weight excluding hydrogens is 416 g/mol. The lowest BCUT2D eigenvalue weighted by Crippen LogP contribution is -2.33. The van der Waals surface area contributed by atoms with E-state index in [-0.39, 0.29) is 11.8 Å². The number of nitrogens with one attached hydrogen (secondary N) is 1. The van der Waals surface area contributed by atoms with Gasteiger partial charge in [0.25, 0.3) is 5.91 Å². The van der Waals surface area contributed by atoms with Crippen LogP contribution >= 0.6 is 0 Å². The number of aromatic amines is 1. The Morgan fingerprint density at radius 2 is 1.76 bits per heavy atom. The van der Waals surface area contributed by atoms with Gasteiger partial charge in [0.2, 0.25) is 5.91 Å². The maximum Gasteiger partial charge on any atom is 0.253 e. The molecule has 0 saturated carbocycles. The molecule has 1 N–H and O–H groups in total. The normalized spacial score (nSPS) is 20.6. The number of rotatable bonds is 3. The smallest absolute Gasteiger partial charge is 0.253 e. The second-order valence-corrected chi connectivity index (χ2v) is 8.74. The van der Waals surface area contributed by atoms with Crippen LogP contribution in [0.2, 0.25) is 0 Å². The SMILES string of the molecule is N#Cc1ccc(/C=C/C(=O)N2CC[C@@H]3CN(C(=O)c4ccc5[nH]nnc5c4)C[C@@H]3CC2)cc1. The lowest BCUT2D eigenvalue weighted by Gasteiger charge is -2.21. The molecule has 2 aromatic carbocycles. The molecule has 2 aliphatic heterocycles. The highest BCUT2D eigenvalue weighted by molar-refractivity contribution is 5.97. The first-order chi connectivity index (χ1) is 16.1. The van der Waals surface area contributed by atoms with Gasteiger partial charge in [0.05, 0.1) is 17.1 Å². The third-order valence-corrected chi connectivity index (χ3v) is 6.75. The summed E-state index contributed by atoms with van der Waals surface area (Å²) in [5, 5.41) is 19.5. The van der Waals surface area contributed by atoms with Gasteiger partial charge in [-0.3, -0.25) is 14.7 Å². The Balaban J connectivity index is 1.18. The molecule has 8 heteroatoms. The van der Waals surface area contributed by atoms with Crippen molar-refractivity contribution < 1.29 is 9.59 Å². The summed E-state index contributed by atoms with van der Waals surface area (Å²) in [5.74, 6) is 0.856. The number of carbonyl (C=O) groups is 2. The molecule has 3 aromatic rings. The van der Waals surface area contributed by atoms with Gasteiger partial charge in [-0.05, 0) is 66.6 Å². The van der Waals surface area contributed by atoms with Crippen molar-refractivity contribution in [3.05, 3.63) is 65.2 Å². The highest BCUT2D eigenvalue weighted by Crippen LogP contribution is 2.33. The van der Waals surface area contributed by atoms with Crippen molar-refractivity contribution >= 4 is 28.9 Å². The van der Waals surface area contributed by atoms with E-state index in [0.29, 0.717) is 41.6 Å². The molecular formula is C25H24N6O2. The maximum atomic E-state index is 13.1. The molecule has 0 unspecified atom stereocenters. The number of hydrogen-bond acceptors (Lipinski definition) is 5. The zero-order valence-electron chi connectivity index (χ0n) is 18.1. The van der Waals surface area contributed by atoms with Crippen molar-refractivity contribution in [2.75, 3.05) is 26.2 Å². The summed E-state index contributed by atoms with van der Waals surface area (Å²) in [6, 6.07) is 14.7. The van der Waals surface area contributed by atoms with Crippen LogP contribution in [0.25, 0.3) is 17.1 Å². The molecule has 2 aliphatic rings. The molecule has 0 spiro atoms. The van der Waals surface area contributed by atoms with Crippen LogP contribution in [-0.4, -0.2) is 63.2 Å². The Labute approximate surface area is 191 Å². The highest BCUT2D eigenvalue weighted by Gasteiger charge is 2.37. The number of nitrogens with zero attached hydrogens (tertiary/aromatic N) is 5. The number of amides is 2. The number of nitriles is 1. The van der Waals surface area contributed by atoms with Crippen molar-refractivity contribution in [2.45, 2.75) is 12.8 Å². The second-order valence-electron chi connectivity index (χ2n) is 8.74. The first-order valence-corrected chi connectivity index (χ1v) is 11.2. The predicted octanol–water partition coefficient (Wildman–Crippen LogP) is 2.85. The predicted molar refractivity (Wildman–Crippen MR) is 123 cm³/mol. The molecule has 1 aromatic heterocycles. The number of benzene rings is 2. The number of fused-ring (bicyclic) bond motifs is 2. The number of likely N-dealkylation sites (tertiary alicyclic amines) is 2.